The first-order valence-electron chi connectivity index (χ1n) is 6.89. The van der Waals surface area contributed by atoms with E-state index < -0.39 is 0 Å². The molecule has 16 heavy (non-hydrogen) atoms. The van der Waals surface area contributed by atoms with Crippen molar-refractivity contribution in [3.05, 3.63) is 0 Å². The molecule has 3 heteroatoms. The van der Waals surface area contributed by atoms with E-state index in [1.165, 1.54) is 65.2 Å². The van der Waals surface area contributed by atoms with Gasteiger partial charge in [0.25, 0.3) is 0 Å². The van der Waals surface area contributed by atoms with Crippen molar-refractivity contribution in [3.8, 4) is 0 Å². The number of piperazine rings is 1. The van der Waals surface area contributed by atoms with Crippen LogP contribution in [-0.4, -0.2) is 74.1 Å². The van der Waals surface area contributed by atoms with Gasteiger partial charge in [0.1, 0.15) is 0 Å². The van der Waals surface area contributed by atoms with Gasteiger partial charge in [-0.05, 0) is 33.0 Å². The number of rotatable bonds is 7. The van der Waals surface area contributed by atoms with Crippen LogP contribution in [0.15, 0.2) is 0 Å². The Bertz CT molecular complexity index is 159. The van der Waals surface area contributed by atoms with Crippen LogP contribution in [0.25, 0.3) is 0 Å². The minimum Gasteiger partial charge on any atom is -0.304 e. The van der Waals surface area contributed by atoms with E-state index in [0.717, 1.165) is 0 Å². The van der Waals surface area contributed by atoms with Crippen LogP contribution in [0.4, 0.5) is 0 Å². The maximum atomic E-state index is 2.61. The number of hydrogen-bond donors (Lipinski definition) is 0. The summed E-state index contributed by atoms with van der Waals surface area (Å²) in [5.74, 6) is 0. The standard InChI is InChI=1S/C13H29N3/c1-4-6-15(7-5-2)12-13-16-10-8-14(3)9-11-16/h4-13H2,1-3H3. The normalized spacial score (nSPS) is 19.5. The summed E-state index contributed by atoms with van der Waals surface area (Å²) in [4.78, 5) is 7.64. The monoisotopic (exact) mass is 227 g/mol. The van der Waals surface area contributed by atoms with Gasteiger partial charge in [0.2, 0.25) is 0 Å². The van der Waals surface area contributed by atoms with E-state index in [1.54, 1.807) is 0 Å². The maximum Gasteiger partial charge on any atom is 0.0110 e. The van der Waals surface area contributed by atoms with Gasteiger partial charge in [-0.25, -0.2) is 0 Å². The highest BCUT2D eigenvalue weighted by molar-refractivity contribution is 4.70. The fraction of sp³-hybridized carbons (Fsp3) is 1.00. The van der Waals surface area contributed by atoms with Gasteiger partial charge in [-0.2, -0.15) is 0 Å². The highest BCUT2D eigenvalue weighted by atomic mass is 15.3. The molecule has 0 spiro atoms. The van der Waals surface area contributed by atoms with Gasteiger partial charge in [-0.3, -0.25) is 4.90 Å². The number of nitrogens with zero attached hydrogens (tertiary/aromatic N) is 3. The highest BCUT2D eigenvalue weighted by Gasteiger charge is 2.14. The SMILES string of the molecule is CCCN(CCC)CCN1CCN(C)CC1. The van der Waals surface area contributed by atoms with Crippen LogP contribution in [-0.2, 0) is 0 Å². The van der Waals surface area contributed by atoms with E-state index in [2.05, 4.69) is 35.6 Å². The Kier molecular flexibility index (Phi) is 7.01. The van der Waals surface area contributed by atoms with Crippen molar-refractivity contribution in [1.82, 2.24) is 14.7 Å². The smallest absolute Gasteiger partial charge is 0.0110 e. The Morgan fingerprint density at radius 3 is 1.94 bits per heavy atom. The molecular weight excluding hydrogens is 198 g/mol. The molecule has 1 heterocycles. The van der Waals surface area contributed by atoms with E-state index in [9.17, 15) is 0 Å². The molecule has 0 radical (unpaired) electrons. The van der Waals surface area contributed by atoms with E-state index in [1.807, 2.05) is 0 Å². The van der Waals surface area contributed by atoms with Crippen LogP contribution in [0.5, 0.6) is 0 Å². The molecule has 0 saturated carbocycles. The van der Waals surface area contributed by atoms with Crippen LogP contribution in [0.2, 0.25) is 0 Å². The van der Waals surface area contributed by atoms with Crippen LogP contribution < -0.4 is 0 Å². The minimum absolute atomic E-state index is 1.24. The van der Waals surface area contributed by atoms with Crippen LogP contribution in [0, 0.1) is 0 Å². The van der Waals surface area contributed by atoms with Crippen molar-refractivity contribution in [2.24, 2.45) is 0 Å². The van der Waals surface area contributed by atoms with E-state index >= 15 is 0 Å². The lowest BCUT2D eigenvalue weighted by molar-refractivity contribution is 0.135. The molecular formula is C13H29N3. The molecule has 0 N–H and O–H groups in total. The predicted octanol–water partition coefficient (Wildman–Crippen LogP) is 1.36. The Morgan fingerprint density at radius 1 is 0.875 bits per heavy atom. The summed E-state index contributed by atoms with van der Waals surface area (Å²) in [6, 6.07) is 0. The van der Waals surface area contributed by atoms with Crippen molar-refractivity contribution in [3.63, 3.8) is 0 Å². The van der Waals surface area contributed by atoms with Crippen molar-refractivity contribution < 1.29 is 0 Å². The molecule has 0 unspecified atom stereocenters. The molecule has 1 aliphatic heterocycles. The summed E-state index contributed by atoms with van der Waals surface area (Å²) in [7, 11) is 2.22. The third kappa shape index (κ3) is 5.28. The third-order valence-electron chi connectivity index (χ3n) is 3.41. The highest BCUT2D eigenvalue weighted by Crippen LogP contribution is 2.00. The lowest BCUT2D eigenvalue weighted by Gasteiger charge is -2.33. The van der Waals surface area contributed by atoms with Gasteiger partial charge in [-0.1, -0.05) is 13.8 Å². The zero-order chi connectivity index (χ0) is 11.8. The van der Waals surface area contributed by atoms with Gasteiger partial charge in [0.05, 0.1) is 0 Å². The second kappa shape index (κ2) is 8.04. The quantitative estimate of drug-likeness (QED) is 0.650. The molecule has 1 rings (SSSR count). The first-order chi connectivity index (χ1) is 7.76. The van der Waals surface area contributed by atoms with E-state index in [4.69, 9.17) is 0 Å². The lowest BCUT2D eigenvalue weighted by Crippen LogP contribution is -2.47. The fourth-order valence-electron chi connectivity index (χ4n) is 2.32. The molecule has 96 valence electrons. The average Bonchev–Trinajstić information content (AvgIpc) is 2.29. The zero-order valence-electron chi connectivity index (χ0n) is 11.4. The van der Waals surface area contributed by atoms with Crippen molar-refractivity contribution in [1.29, 1.82) is 0 Å². The Morgan fingerprint density at radius 2 is 1.44 bits per heavy atom. The van der Waals surface area contributed by atoms with E-state index in [-0.39, 0.29) is 0 Å². The molecule has 0 aromatic carbocycles. The first-order valence-corrected chi connectivity index (χ1v) is 6.89. The van der Waals surface area contributed by atoms with Crippen LogP contribution in [0.1, 0.15) is 26.7 Å². The Labute approximate surface area is 101 Å². The predicted molar refractivity (Wildman–Crippen MR) is 71.0 cm³/mol. The van der Waals surface area contributed by atoms with Crippen molar-refractivity contribution >= 4 is 0 Å². The lowest BCUT2D eigenvalue weighted by atomic mass is 10.3. The van der Waals surface area contributed by atoms with Crippen LogP contribution in [0.3, 0.4) is 0 Å². The minimum atomic E-state index is 1.24. The molecule has 1 fully saturated rings. The number of likely N-dealkylation sites (N-methyl/N-ethyl adjacent to an activating group) is 1. The van der Waals surface area contributed by atoms with Gasteiger partial charge in [0, 0.05) is 39.3 Å². The third-order valence-corrected chi connectivity index (χ3v) is 3.41. The molecule has 0 bridgehead atoms. The largest absolute Gasteiger partial charge is 0.304 e. The van der Waals surface area contributed by atoms with Crippen molar-refractivity contribution in [2.75, 3.05) is 59.4 Å². The van der Waals surface area contributed by atoms with Gasteiger partial charge in [-0.15, -0.1) is 0 Å². The van der Waals surface area contributed by atoms with Crippen LogP contribution >= 0.6 is 0 Å². The van der Waals surface area contributed by atoms with Gasteiger partial charge in [0.15, 0.2) is 0 Å². The summed E-state index contributed by atoms with van der Waals surface area (Å²) in [6.07, 6.45) is 2.56. The van der Waals surface area contributed by atoms with Gasteiger partial charge >= 0.3 is 0 Å². The second-order valence-electron chi connectivity index (χ2n) is 4.99. The first kappa shape index (κ1) is 13.9. The maximum absolute atomic E-state index is 2.61. The average molecular weight is 227 g/mol. The molecule has 1 aliphatic rings. The zero-order valence-corrected chi connectivity index (χ0v) is 11.4. The molecule has 0 amide bonds. The summed E-state index contributed by atoms with van der Waals surface area (Å²) >= 11 is 0. The fourth-order valence-corrected chi connectivity index (χ4v) is 2.32. The molecule has 0 atom stereocenters. The summed E-state index contributed by atoms with van der Waals surface area (Å²) in [5.41, 5.74) is 0. The Balaban J connectivity index is 2.15. The molecule has 0 aliphatic carbocycles. The molecule has 1 saturated heterocycles. The van der Waals surface area contributed by atoms with Gasteiger partial charge < -0.3 is 9.80 Å². The summed E-state index contributed by atoms with van der Waals surface area (Å²) in [6.45, 7) is 14.6. The Hall–Kier alpha value is -0.120. The number of hydrogen-bond acceptors (Lipinski definition) is 3. The molecule has 0 aromatic heterocycles. The topological polar surface area (TPSA) is 9.72 Å². The summed E-state index contributed by atoms with van der Waals surface area (Å²) in [5, 5.41) is 0. The summed E-state index contributed by atoms with van der Waals surface area (Å²) < 4.78 is 0. The second-order valence-corrected chi connectivity index (χ2v) is 4.99. The van der Waals surface area contributed by atoms with Crippen molar-refractivity contribution in [2.45, 2.75) is 26.7 Å². The van der Waals surface area contributed by atoms with E-state index in [0.29, 0.717) is 0 Å². The molecule has 3 nitrogen and oxygen atoms in total. The molecule has 0 aromatic rings.